The Kier molecular flexibility index (Phi) is 2.32. The maximum absolute atomic E-state index is 10.8. The van der Waals surface area contributed by atoms with Gasteiger partial charge in [0.05, 0.1) is 5.92 Å². The Morgan fingerprint density at radius 2 is 1.92 bits per heavy atom. The van der Waals surface area contributed by atoms with Crippen molar-refractivity contribution in [1.29, 1.82) is 0 Å². The third kappa shape index (κ3) is 1.73. The minimum atomic E-state index is -1.16. The standard InChI is InChI=1S/C7H12N2O3/c8-5(7(11)12)4(6(9)10)3-1-2-3/h3-5H,1-2,8H2,(H2,9,10)(H,11,12)/t4?,5-/m0/s1. The van der Waals surface area contributed by atoms with Crippen LogP contribution in [-0.4, -0.2) is 23.0 Å². The van der Waals surface area contributed by atoms with E-state index in [2.05, 4.69) is 0 Å². The molecule has 12 heavy (non-hydrogen) atoms. The number of aliphatic carboxylic acids is 1. The zero-order chi connectivity index (χ0) is 9.30. The molecular formula is C7H12N2O3. The second kappa shape index (κ2) is 3.10. The average molecular weight is 172 g/mol. The molecule has 1 aliphatic carbocycles. The van der Waals surface area contributed by atoms with E-state index in [1.165, 1.54) is 0 Å². The fraction of sp³-hybridized carbons (Fsp3) is 0.714. The first kappa shape index (κ1) is 8.99. The third-order valence-corrected chi connectivity index (χ3v) is 2.13. The van der Waals surface area contributed by atoms with E-state index in [9.17, 15) is 9.59 Å². The van der Waals surface area contributed by atoms with E-state index < -0.39 is 23.8 Å². The summed E-state index contributed by atoms with van der Waals surface area (Å²) in [6, 6.07) is -1.14. The van der Waals surface area contributed by atoms with E-state index >= 15 is 0 Å². The topological polar surface area (TPSA) is 106 Å². The van der Waals surface area contributed by atoms with E-state index in [4.69, 9.17) is 16.6 Å². The molecule has 0 bridgehead atoms. The van der Waals surface area contributed by atoms with Gasteiger partial charge >= 0.3 is 5.97 Å². The molecule has 0 aromatic rings. The number of carbonyl (C=O) groups is 2. The molecule has 68 valence electrons. The molecule has 0 aliphatic heterocycles. The van der Waals surface area contributed by atoms with Gasteiger partial charge in [0.2, 0.25) is 5.91 Å². The number of amides is 1. The number of rotatable bonds is 4. The minimum absolute atomic E-state index is 0.0913. The summed E-state index contributed by atoms with van der Waals surface area (Å²) in [7, 11) is 0. The van der Waals surface area contributed by atoms with E-state index in [0.29, 0.717) is 0 Å². The fourth-order valence-electron chi connectivity index (χ4n) is 1.31. The number of carboxylic acids is 1. The van der Waals surface area contributed by atoms with Crippen LogP contribution in [0.2, 0.25) is 0 Å². The Bertz CT molecular complexity index is 213. The highest BCUT2D eigenvalue weighted by atomic mass is 16.4. The van der Waals surface area contributed by atoms with Gasteiger partial charge in [0.1, 0.15) is 6.04 Å². The Balaban J connectivity index is 2.64. The largest absolute Gasteiger partial charge is 0.480 e. The average Bonchev–Trinajstić information content (AvgIpc) is 2.70. The van der Waals surface area contributed by atoms with Gasteiger partial charge in [-0.25, -0.2) is 0 Å². The molecule has 1 fully saturated rings. The highest BCUT2D eigenvalue weighted by molar-refractivity contribution is 5.86. The summed E-state index contributed by atoms with van der Waals surface area (Å²) in [5.41, 5.74) is 10.3. The predicted octanol–water partition coefficient (Wildman–Crippen LogP) is -1.09. The van der Waals surface area contributed by atoms with Crippen molar-refractivity contribution < 1.29 is 14.7 Å². The number of carboxylic acid groups (broad SMARTS) is 1. The highest BCUT2D eigenvalue weighted by Gasteiger charge is 2.41. The lowest BCUT2D eigenvalue weighted by molar-refractivity contribution is -0.142. The van der Waals surface area contributed by atoms with Crippen molar-refractivity contribution in [3.63, 3.8) is 0 Å². The molecule has 1 amide bonds. The quantitative estimate of drug-likeness (QED) is 0.500. The number of hydrogen-bond acceptors (Lipinski definition) is 3. The van der Waals surface area contributed by atoms with Crippen LogP contribution >= 0.6 is 0 Å². The second-order valence-corrected chi connectivity index (χ2v) is 3.13. The maximum Gasteiger partial charge on any atom is 0.321 e. The zero-order valence-corrected chi connectivity index (χ0v) is 6.56. The molecule has 1 unspecified atom stereocenters. The van der Waals surface area contributed by atoms with Crippen LogP contribution in [0.4, 0.5) is 0 Å². The zero-order valence-electron chi connectivity index (χ0n) is 6.56. The van der Waals surface area contributed by atoms with Gasteiger partial charge in [-0.15, -0.1) is 0 Å². The first-order valence-electron chi connectivity index (χ1n) is 3.81. The minimum Gasteiger partial charge on any atom is -0.480 e. The van der Waals surface area contributed by atoms with Crippen LogP contribution in [0.25, 0.3) is 0 Å². The van der Waals surface area contributed by atoms with Crippen LogP contribution in [0.15, 0.2) is 0 Å². The lowest BCUT2D eigenvalue weighted by Gasteiger charge is -2.15. The molecule has 0 spiro atoms. The van der Waals surface area contributed by atoms with Gasteiger partial charge in [-0.1, -0.05) is 0 Å². The molecule has 2 atom stereocenters. The summed E-state index contributed by atoms with van der Waals surface area (Å²) in [6.07, 6.45) is 1.71. The van der Waals surface area contributed by atoms with Crippen LogP contribution in [-0.2, 0) is 9.59 Å². The van der Waals surface area contributed by atoms with Crippen molar-refractivity contribution in [2.24, 2.45) is 23.3 Å². The van der Waals surface area contributed by atoms with Crippen LogP contribution < -0.4 is 11.5 Å². The molecule has 5 nitrogen and oxygen atoms in total. The summed E-state index contributed by atoms with van der Waals surface area (Å²) >= 11 is 0. The van der Waals surface area contributed by atoms with E-state index in [-0.39, 0.29) is 5.92 Å². The molecule has 1 rings (SSSR count). The smallest absolute Gasteiger partial charge is 0.321 e. The molecule has 0 heterocycles. The van der Waals surface area contributed by atoms with E-state index in [1.54, 1.807) is 0 Å². The second-order valence-electron chi connectivity index (χ2n) is 3.13. The summed E-state index contributed by atoms with van der Waals surface area (Å²) in [6.45, 7) is 0. The molecule has 5 heteroatoms. The number of carbonyl (C=O) groups excluding carboxylic acids is 1. The molecule has 0 aromatic carbocycles. The van der Waals surface area contributed by atoms with Crippen molar-refractivity contribution in [2.75, 3.05) is 0 Å². The van der Waals surface area contributed by atoms with Crippen molar-refractivity contribution in [3.8, 4) is 0 Å². The number of primary amides is 1. The number of nitrogens with two attached hydrogens (primary N) is 2. The Morgan fingerprint density at radius 1 is 1.42 bits per heavy atom. The van der Waals surface area contributed by atoms with Crippen molar-refractivity contribution in [3.05, 3.63) is 0 Å². The molecule has 0 saturated heterocycles. The van der Waals surface area contributed by atoms with Gasteiger partial charge in [-0.05, 0) is 18.8 Å². The summed E-state index contributed by atoms with van der Waals surface area (Å²) in [5.74, 6) is -2.37. The highest BCUT2D eigenvalue weighted by Crippen LogP contribution is 2.37. The third-order valence-electron chi connectivity index (χ3n) is 2.13. The normalized spacial score (nSPS) is 21.4. The molecule has 0 aromatic heterocycles. The Morgan fingerprint density at radius 3 is 2.17 bits per heavy atom. The lowest BCUT2D eigenvalue weighted by atomic mass is 9.94. The van der Waals surface area contributed by atoms with Crippen molar-refractivity contribution in [2.45, 2.75) is 18.9 Å². The van der Waals surface area contributed by atoms with Crippen LogP contribution in [0.5, 0.6) is 0 Å². The first-order chi connectivity index (χ1) is 5.54. The van der Waals surface area contributed by atoms with Gasteiger partial charge in [0, 0.05) is 0 Å². The predicted molar refractivity (Wildman–Crippen MR) is 41.0 cm³/mol. The van der Waals surface area contributed by atoms with Gasteiger partial charge in [0.15, 0.2) is 0 Å². The molecule has 5 N–H and O–H groups in total. The Hall–Kier alpha value is -1.10. The van der Waals surface area contributed by atoms with Crippen LogP contribution in [0.1, 0.15) is 12.8 Å². The van der Waals surface area contributed by atoms with Gasteiger partial charge in [-0.3, -0.25) is 9.59 Å². The Labute approximate surface area is 69.7 Å². The molecule has 1 aliphatic rings. The summed E-state index contributed by atoms with van der Waals surface area (Å²) < 4.78 is 0. The van der Waals surface area contributed by atoms with Crippen LogP contribution in [0, 0.1) is 11.8 Å². The number of hydrogen-bond donors (Lipinski definition) is 3. The van der Waals surface area contributed by atoms with Crippen molar-refractivity contribution >= 4 is 11.9 Å². The lowest BCUT2D eigenvalue weighted by Crippen LogP contribution is -2.45. The monoisotopic (exact) mass is 172 g/mol. The van der Waals surface area contributed by atoms with E-state index in [1.807, 2.05) is 0 Å². The van der Waals surface area contributed by atoms with Crippen molar-refractivity contribution in [1.82, 2.24) is 0 Å². The summed E-state index contributed by atoms with van der Waals surface area (Å²) in [5, 5.41) is 8.55. The first-order valence-corrected chi connectivity index (χ1v) is 3.81. The van der Waals surface area contributed by atoms with E-state index in [0.717, 1.165) is 12.8 Å². The van der Waals surface area contributed by atoms with Gasteiger partial charge in [0.25, 0.3) is 0 Å². The SMILES string of the molecule is NC(=O)C(C1CC1)[C@H](N)C(=O)O. The fourth-order valence-corrected chi connectivity index (χ4v) is 1.31. The van der Waals surface area contributed by atoms with Gasteiger partial charge < -0.3 is 16.6 Å². The van der Waals surface area contributed by atoms with Crippen LogP contribution in [0.3, 0.4) is 0 Å². The molecular weight excluding hydrogens is 160 g/mol. The summed E-state index contributed by atoms with van der Waals surface area (Å²) in [4.78, 5) is 21.3. The molecule has 0 radical (unpaired) electrons. The maximum atomic E-state index is 10.8. The van der Waals surface area contributed by atoms with Gasteiger partial charge in [-0.2, -0.15) is 0 Å². The molecule has 1 saturated carbocycles.